The standard InChI is InChI=1S/C34H51N7/c1-8-11-32(31-20-28(4)38-33(22-31)27(3)23-35)37-25-41(29(5)12-9-10-15-36-6)34-21-30(14-13-26(34)2)24-40-18-16-39(7)17-19-40/h11,13-14,20-23,25,29,35-36H,3,8-10,12,15-19,24H2,1-2,4-7H3/b32-11-,35-23?,37-25+. The molecule has 1 saturated heterocycles. The maximum Gasteiger partial charge on any atom is 0.0959 e. The monoisotopic (exact) mass is 557 g/mol. The van der Waals surface area contributed by atoms with Gasteiger partial charge in [0.15, 0.2) is 0 Å². The predicted molar refractivity (Wildman–Crippen MR) is 177 cm³/mol. The summed E-state index contributed by atoms with van der Waals surface area (Å²) < 4.78 is 0. The summed E-state index contributed by atoms with van der Waals surface area (Å²) >= 11 is 0. The van der Waals surface area contributed by atoms with Crippen molar-refractivity contribution < 1.29 is 0 Å². The Labute approximate surface area is 248 Å². The second kappa shape index (κ2) is 16.3. The van der Waals surface area contributed by atoms with E-state index < -0.39 is 0 Å². The molecule has 2 N–H and O–H groups in total. The Hall–Kier alpha value is -3.13. The number of allylic oxidation sites excluding steroid dienone is 2. The lowest BCUT2D eigenvalue weighted by atomic mass is 10.0. The van der Waals surface area contributed by atoms with Crippen molar-refractivity contribution in [3.05, 3.63) is 71.1 Å². The average molecular weight is 558 g/mol. The number of hydrogen-bond acceptors (Lipinski definition) is 6. The van der Waals surface area contributed by atoms with Gasteiger partial charge in [0.2, 0.25) is 0 Å². The largest absolute Gasteiger partial charge is 0.329 e. The lowest BCUT2D eigenvalue weighted by molar-refractivity contribution is 0.148. The van der Waals surface area contributed by atoms with Crippen molar-refractivity contribution in [3.63, 3.8) is 0 Å². The molecule has 1 aliphatic heterocycles. The summed E-state index contributed by atoms with van der Waals surface area (Å²) in [6.07, 6.45) is 9.72. The molecule has 2 heterocycles. The van der Waals surface area contributed by atoms with E-state index in [-0.39, 0.29) is 0 Å². The van der Waals surface area contributed by atoms with Crippen molar-refractivity contribution in [2.24, 2.45) is 4.99 Å². The highest BCUT2D eigenvalue weighted by Crippen LogP contribution is 2.27. The molecule has 1 aromatic heterocycles. The zero-order valence-corrected chi connectivity index (χ0v) is 26.2. The Bertz CT molecular complexity index is 1210. The van der Waals surface area contributed by atoms with Crippen LogP contribution in [0.5, 0.6) is 0 Å². The molecule has 1 atom stereocenters. The summed E-state index contributed by atoms with van der Waals surface area (Å²) in [5.41, 5.74) is 7.94. The van der Waals surface area contributed by atoms with Crippen LogP contribution in [-0.2, 0) is 6.54 Å². The molecule has 1 aliphatic rings. The van der Waals surface area contributed by atoms with E-state index in [1.165, 1.54) is 23.0 Å². The molecule has 0 saturated carbocycles. The SMILES string of the molecule is C=C(C=N)c1cc(C(=C/CC)/N=C/N(c2cc(CN3CCN(C)CC3)ccc2C)C(C)CCCCNC)cc(C)n1. The Morgan fingerprint density at radius 3 is 2.61 bits per heavy atom. The molecule has 3 rings (SSSR count). The van der Waals surface area contributed by atoms with Crippen LogP contribution in [0.2, 0.25) is 0 Å². The number of nitrogens with one attached hydrogen (secondary N) is 2. The third-order valence-corrected chi connectivity index (χ3v) is 7.80. The van der Waals surface area contributed by atoms with E-state index >= 15 is 0 Å². The van der Waals surface area contributed by atoms with Gasteiger partial charge >= 0.3 is 0 Å². The van der Waals surface area contributed by atoms with Crippen LogP contribution in [0.15, 0.2) is 48.0 Å². The zero-order valence-electron chi connectivity index (χ0n) is 26.2. The average Bonchev–Trinajstić information content (AvgIpc) is 2.96. The number of aryl methyl sites for hydroxylation is 2. The minimum absolute atomic E-state index is 0.295. The summed E-state index contributed by atoms with van der Waals surface area (Å²) in [5, 5.41) is 10.9. The molecule has 1 unspecified atom stereocenters. The van der Waals surface area contributed by atoms with Gasteiger partial charge in [-0.25, -0.2) is 4.99 Å². The Kier molecular flexibility index (Phi) is 12.9. The van der Waals surface area contributed by atoms with Gasteiger partial charge in [0.25, 0.3) is 0 Å². The minimum Gasteiger partial charge on any atom is -0.329 e. The fraction of sp³-hybridized carbons (Fsp3) is 0.500. The first-order valence-electron chi connectivity index (χ1n) is 15.1. The van der Waals surface area contributed by atoms with Gasteiger partial charge in [-0.1, -0.05) is 38.1 Å². The summed E-state index contributed by atoms with van der Waals surface area (Å²) in [7, 11) is 4.22. The van der Waals surface area contributed by atoms with Crippen LogP contribution in [-0.4, -0.2) is 80.2 Å². The van der Waals surface area contributed by atoms with Gasteiger partial charge in [-0.3, -0.25) is 9.88 Å². The van der Waals surface area contributed by atoms with Gasteiger partial charge in [-0.2, -0.15) is 0 Å². The molecule has 1 fully saturated rings. The maximum atomic E-state index is 7.64. The molecule has 0 amide bonds. The van der Waals surface area contributed by atoms with E-state index in [1.54, 1.807) is 0 Å². The van der Waals surface area contributed by atoms with Crippen molar-refractivity contribution in [2.45, 2.75) is 66.0 Å². The molecule has 41 heavy (non-hydrogen) atoms. The van der Waals surface area contributed by atoms with Crippen LogP contribution >= 0.6 is 0 Å². The van der Waals surface area contributed by atoms with Gasteiger partial charge < -0.3 is 20.5 Å². The molecule has 222 valence electrons. The van der Waals surface area contributed by atoms with Gasteiger partial charge in [-0.05, 0) is 90.0 Å². The van der Waals surface area contributed by atoms with Crippen molar-refractivity contribution in [1.82, 2.24) is 20.1 Å². The number of likely N-dealkylation sites (N-methyl/N-ethyl adjacent to an activating group) is 1. The molecule has 0 bridgehead atoms. The number of aliphatic imine (C=N–C) groups is 1. The number of benzene rings is 1. The highest BCUT2D eigenvalue weighted by molar-refractivity contribution is 6.06. The van der Waals surface area contributed by atoms with E-state index in [0.29, 0.717) is 11.6 Å². The summed E-state index contributed by atoms with van der Waals surface area (Å²) in [4.78, 5) is 17.0. The molecular formula is C34H51N7. The fourth-order valence-electron chi connectivity index (χ4n) is 5.21. The molecule has 2 aromatic rings. The molecule has 1 aromatic carbocycles. The zero-order chi connectivity index (χ0) is 29.8. The number of piperazine rings is 1. The Morgan fingerprint density at radius 2 is 1.93 bits per heavy atom. The van der Waals surface area contributed by atoms with Crippen LogP contribution < -0.4 is 10.2 Å². The van der Waals surface area contributed by atoms with Crippen LogP contribution in [0.3, 0.4) is 0 Å². The lowest BCUT2D eigenvalue weighted by Gasteiger charge is -2.33. The molecular weight excluding hydrogens is 506 g/mol. The molecule has 0 aliphatic carbocycles. The number of hydrogen-bond donors (Lipinski definition) is 2. The smallest absolute Gasteiger partial charge is 0.0959 e. The molecule has 7 nitrogen and oxygen atoms in total. The van der Waals surface area contributed by atoms with Crippen molar-refractivity contribution in [1.29, 1.82) is 5.41 Å². The first-order valence-corrected chi connectivity index (χ1v) is 15.1. The number of unbranched alkanes of at least 4 members (excludes halogenated alkanes) is 1. The second-order valence-corrected chi connectivity index (χ2v) is 11.4. The van der Waals surface area contributed by atoms with E-state index in [4.69, 9.17) is 10.4 Å². The quantitative estimate of drug-likeness (QED) is 0.156. The predicted octanol–water partition coefficient (Wildman–Crippen LogP) is 6.17. The number of aromatic nitrogens is 1. The van der Waals surface area contributed by atoms with Crippen molar-refractivity contribution >= 4 is 29.5 Å². The van der Waals surface area contributed by atoms with Crippen LogP contribution in [0.4, 0.5) is 5.69 Å². The Morgan fingerprint density at radius 1 is 1.17 bits per heavy atom. The second-order valence-electron chi connectivity index (χ2n) is 11.4. The van der Waals surface area contributed by atoms with E-state index in [2.05, 4.69) is 89.7 Å². The highest BCUT2D eigenvalue weighted by atomic mass is 15.2. The maximum absolute atomic E-state index is 7.64. The van der Waals surface area contributed by atoms with Crippen LogP contribution in [0.25, 0.3) is 11.3 Å². The van der Waals surface area contributed by atoms with Crippen molar-refractivity contribution in [2.75, 3.05) is 51.7 Å². The number of pyridine rings is 1. The van der Waals surface area contributed by atoms with Gasteiger partial charge in [-0.15, -0.1) is 0 Å². The molecule has 7 heteroatoms. The Balaban J connectivity index is 1.95. The molecule has 0 radical (unpaired) electrons. The van der Waals surface area contributed by atoms with Gasteiger partial charge in [0.1, 0.15) is 0 Å². The van der Waals surface area contributed by atoms with Crippen molar-refractivity contribution in [3.8, 4) is 0 Å². The third-order valence-electron chi connectivity index (χ3n) is 7.80. The van der Waals surface area contributed by atoms with E-state index in [1.807, 2.05) is 26.4 Å². The van der Waals surface area contributed by atoms with Crippen LogP contribution in [0.1, 0.15) is 67.6 Å². The van der Waals surface area contributed by atoms with E-state index in [9.17, 15) is 0 Å². The minimum atomic E-state index is 0.295. The highest BCUT2D eigenvalue weighted by Gasteiger charge is 2.18. The van der Waals surface area contributed by atoms with Gasteiger partial charge in [0, 0.05) is 67.5 Å². The van der Waals surface area contributed by atoms with E-state index in [0.717, 1.165) is 87.6 Å². The number of nitrogens with zero attached hydrogens (tertiary/aromatic N) is 5. The normalized spacial score (nSPS) is 15.8. The van der Waals surface area contributed by atoms with Gasteiger partial charge in [0.05, 0.1) is 17.7 Å². The number of rotatable bonds is 15. The topological polar surface area (TPSA) is 70.9 Å². The summed E-state index contributed by atoms with van der Waals surface area (Å²) in [6, 6.07) is 11.3. The summed E-state index contributed by atoms with van der Waals surface area (Å²) in [5.74, 6) is 0. The van der Waals surface area contributed by atoms with Crippen LogP contribution in [0, 0.1) is 19.3 Å². The number of anilines is 1. The third kappa shape index (κ3) is 9.73. The fourth-order valence-corrected chi connectivity index (χ4v) is 5.21. The first kappa shape index (κ1) is 32.4. The summed E-state index contributed by atoms with van der Waals surface area (Å²) in [6.45, 7) is 19.1. The first-order chi connectivity index (χ1) is 19.7. The lowest BCUT2D eigenvalue weighted by Crippen LogP contribution is -2.43. The molecule has 0 spiro atoms.